The van der Waals surface area contributed by atoms with Gasteiger partial charge in [0.15, 0.2) is 5.58 Å². The van der Waals surface area contributed by atoms with Gasteiger partial charge in [-0.25, -0.2) is 4.98 Å². The molecule has 4 heteroatoms. The predicted octanol–water partition coefficient (Wildman–Crippen LogP) is 12.8. The number of hydrogen-bond acceptors (Lipinski definition) is 4. The second-order valence-electron chi connectivity index (χ2n) is 13.6. The second kappa shape index (κ2) is 10.8. The van der Waals surface area contributed by atoms with Crippen LogP contribution in [0, 0.1) is 0 Å². The van der Waals surface area contributed by atoms with Gasteiger partial charge in [-0.1, -0.05) is 111 Å². The number of benzene rings is 7. The highest BCUT2D eigenvalue weighted by molar-refractivity contribution is 6.10. The van der Waals surface area contributed by atoms with E-state index in [9.17, 15) is 0 Å². The van der Waals surface area contributed by atoms with Crippen LogP contribution in [-0.4, -0.2) is 4.98 Å². The maximum atomic E-state index is 6.43. The van der Waals surface area contributed by atoms with Crippen LogP contribution in [0.1, 0.15) is 25.0 Å². The Morgan fingerprint density at radius 3 is 1.96 bits per heavy atom. The van der Waals surface area contributed by atoms with E-state index in [1.807, 2.05) is 36.4 Å². The summed E-state index contributed by atoms with van der Waals surface area (Å²) in [7, 11) is 0. The molecule has 238 valence electrons. The molecule has 7 aromatic carbocycles. The zero-order valence-electron chi connectivity index (χ0n) is 27.7. The van der Waals surface area contributed by atoms with Gasteiger partial charge in [0.25, 0.3) is 0 Å². The standard InChI is InChI=1S/C46H32N2O2/c1-46(2)37-17-10-9-16-34(37)44-38(46)18-11-19-40(44)48(32-22-20-30(21-23-32)29-12-5-3-6-13-29)33-24-25-41-35(26-33)36-27-43-39(28-42(36)49-41)47-45(50-43)31-14-7-4-8-15-31/h3-28H,1-2H3. The van der Waals surface area contributed by atoms with Gasteiger partial charge >= 0.3 is 0 Å². The minimum atomic E-state index is -0.115. The van der Waals surface area contributed by atoms with Crippen LogP contribution in [0.25, 0.3) is 66.7 Å². The summed E-state index contributed by atoms with van der Waals surface area (Å²) >= 11 is 0. The fraction of sp³-hybridized carbons (Fsp3) is 0.0652. The fourth-order valence-electron chi connectivity index (χ4n) is 7.81. The third kappa shape index (κ3) is 4.35. The molecule has 0 fully saturated rings. The van der Waals surface area contributed by atoms with E-state index in [0.717, 1.165) is 55.7 Å². The summed E-state index contributed by atoms with van der Waals surface area (Å²) in [5.41, 5.74) is 14.8. The molecule has 0 aliphatic heterocycles. The van der Waals surface area contributed by atoms with E-state index in [0.29, 0.717) is 5.89 Å². The number of nitrogens with zero attached hydrogens (tertiary/aromatic N) is 2. The molecule has 4 nitrogen and oxygen atoms in total. The predicted molar refractivity (Wildman–Crippen MR) is 204 cm³/mol. The molecule has 10 rings (SSSR count). The van der Waals surface area contributed by atoms with Crippen molar-refractivity contribution >= 4 is 50.1 Å². The Morgan fingerprint density at radius 1 is 0.500 bits per heavy atom. The number of oxazole rings is 1. The zero-order valence-corrected chi connectivity index (χ0v) is 27.7. The lowest BCUT2D eigenvalue weighted by Gasteiger charge is -2.29. The molecule has 0 saturated heterocycles. The molecule has 9 aromatic rings. The van der Waals surface area contributed by atoms with Crippen molar-refractivity contribution in [3.05, 3.63) is 169 Å². The molecule has 0 saturated carbocycles. The van der Waals surface area contributed by atoms with E-state index in [1.165, 1.54) is 33.4 Å². The summed E-state index contributed by atoms with van der Waals surface area (Å²) in [6.07, 6.45) is 0. The molecule has 0 bridgehead atoms. The van der Waals surface area contributed by atoms with Crippen LogP contribution < -0.4 is 4.90 Å². The van der Waals surface area contributed by atoms with Crippen molar-refractivity contribution in [2.45, 2.75) is 19.3 Å². The van der Waals surface area contributed by atoms with Crippen LogP contribution in [0.4, 0.5) is 17.1 Å². The van der Waals surface area contributed by atoms with Crippen LogP contribution in [0.15, 0.2) is 167 Å². The van der Waals surface area contributed by atoms with Gasteiger partial charge in [-0.05, 0) is 82.4 Å². The third-order valence-electron chi connectivity index (χ3n) is 10.3. The first-order chi connectivity index (χ1) is 24.5. The highest BCUT2D eigenvalue weighted by atomic mass is 16.4. The van der Waals surface area contributed by atoms with Crippen molar-refractivity contribution in [3.8, 4) is 33.7 Å². The molecular formula is C46H32N2O2. The van der Waals surface area contributed by atoms with Crippen molar-refractivity contribution in [1.82, 2.24) is 4.98 Å². The number of rotatable bonds is 5. The summed E-state index contributed by atoms with van der Waals surface area (Å²) in [6.45, 7) is 4.66. The molecule has 1 aliphatic rings. The van der Waals surface area contributed by atoms with Crippen molar-refractivity contribution in [1.29, 1.82) is 0 Å². The van der Waals surface area contributed by atoms with Crippen LogP contribution in [0.3, 0.4) is 0 Å². The molecule has 0 amide bonds. The zero-order chi connectivity index (χ0) is 33.4. The molecule has 0 atom stereocenters. The number of fused-ring (bicyclic) bond motifs is 7. The Kier molecular flexibility index (Phi) is 6.19. The summed E-state index contributed by atoms with van der Waals surface area (Å²) in [6, 6.07) is 55.6. The van der Waals surface area contributed by atoms with E-state index in [2.05, 4.69) is 140 Å². The lowest BCUT2D eigenvalue weighted by molar-refractivity contribution is 0.620. The van der Waals surface area contributed by atoms with E-state index in [4.69, 9.17) is 13.8 Å². The first kappa shape index (κ1) is 28.6. The van der Waals surface area contributed by atoms with Gasteiger partial charge in [0.2, 0.25) is 5.89 Å². The summed E-state index contributed by atoms with van der Waals surface area (Å²) in [5.74, 6) is 0.601. The van der Waals surface area contributed by atoms with Crippen LogP contribution >= 0.6 is 0 Å². The number of anilines is 3. The van der Waals surface area contributed by atoms with Crippen LogP contribution in [0.5, 0.6) is 0 Å². The molecule has 1 aliphatic carbocycles. The Hall–Kier alpha value is -6.39. The number of hydrogen-bond donors (Lipinski definition) is 0. The van der Waals surface area contributed by atoms with E-state index < -0.39 is 0 Å². The number of aromatic nitrogens is 1. The van der Waals surface area contributed by atoms with Crippen LogP contribution in [0.2, 0.25) is 0 Å². The van der Waals surface area contributed by atoms with Crippen molar-refractivity contribution in [2.75, 3.05) is 4.90 Å². The third-order valence-corrected chi connectivity index (χ3v) is 10.3. The summed E-state index contributed by atoms with van der Waals surface area (Å²) in [4.78, 5) is 7.18. The average molecular weight is 645 g/mol. The van der Waals surface area contributed by atoms with Crippen LogP contribution in [-0.2, 0) is 5.41 Å². The normalized spacial score (nSPS) is 13.2. The van der Waals surface area contributed by atoms with Gasteiger partial charge in [-0.2, -0.15) is 0 Å². The minimum absolute atomic E-state index is 0.115. The molecule has 0 spiro atoms. The molecule has 2 heterocycles. The SMILES string of the molecule is CC1(C)c2ccccc2-c2c(N(c3ccc(-c4ccccc4)cc3)c3ccc4oc5cc6nc(-c7ccccc7)oc6cc5c4c3)cccc21. The molecular weight excluding hydrogens is 613 g/mol. The van der Waals surface area contributed by atoms with Gasteiger partial charge in [0.05, 0.1) is 5.69 Å². The Labute approximate surface area is 289 Å². The quantitative estimate of drug-likeness (QED) is 0.187. The smallest absolute Gasteiger partial charge is 0.227 e. The van der Waals surface area contributed by atoms with E-state index in [1.54, 1.807) is 0 Å². The lowest BCUT2D eigenvalue weighted by Crippen LogP contribution is -2.16. The Bertz CT molecular complexity index is 2720. The van der Waals surface area contributed by atoms with Gasteiger partial charge < -0.3 is 13.7 Å². The molecule has 0 radical (unpaired) electrons. The first-order valence-electron chi connectivity index (χ1n) is 17.0. The first-order valence-corrected chi connectivity index (χ1v) is 17.0. The molecule has 0 N–H and O–H groups in total. The van der Waals surface area contributed by atoms with Crippen molar-refractivity contribution in [3.63, 3.8) is 0 Å². The van der Waals surface area contributed by atoms with Gasteiger partial charge in [0, 0.05) is 44.8 Å². The maximum Gasteiger partial charge on any atom is 0.227 e. The molecule has 2 aromatic heterocycles. The van der Waals surface area contributed by atoms with Gasteiger partial charge in [0.1, 0.15) is 16.7 Å². The fourth-order valence-corrected chi connectivity index (χ4v) is 7.81. The van der Waals surface area contributed by atoms with Crippen molar-refractivity contribution < 1.29 is 8.83 Å². The monoisotopic (exact) mass is 644 g/mol. The van der Waals surface area contributed by atoms with Crippen molar-refractivity contribution in [2.24, 2.45) is 0 Å². The topological polar surface area (TPSA) is 42.4 Å². The highest BCUT2D eigenvalue weighted by Crippen LogP contribution is 2.54. The summed E-state index contributed by atoms with van der Waals surface area (Å²) in [5, 5.41) is 2.02. The minimum Gasteiger partial charge on any atom is -0.456 e. The average Bonchev–Trinajstić information content (AvgIpc) is 3.82. The number of furan rings is 1. The highest BCUT2D eigenvalue weighted by Gasteiger charge is 2.37. The lowest BCUT2D eigenvalue weighted by atomic mass is 9.82. The Morgan fingerprint density at radius 2 is 1.16 bits per heavy atom. The van der Waals surface area contributed by atoms with E-state index >= 15 is 0 Å². The van der Waals surface area contributed by atoms with Gasteiger partial charge in [-0.3, -0.25) is 0 Å². The largest absolute Gasteiger partial charge is 0.456 e. The van der Waals surface area contributed by atoms with Gasteiger partial charge in [-0.15, -0.1) is 0 Å². The molecule has 50 heavy (non-hydrogen) atoms. The summed E-state index contributed by atoms with van der Waals surface area (Å²) < 4.78 is 12.7. The maximum absolute atomic E-state index is 6.43. The molecule has 0 unspecified atom stereocenters. The Balaban J connectivity index is 1.17. The second-order valence-corrected chi connectivity index (χ2v) is 13.6. The van der Waals surface area contributed by atoms with E-state index in [-0.39, 0.29) is 5.41 Å².